The lowest BCUT2D eigenvalue weighted by Gasteiger charge is -2.25. The highest BCUT2D eigenvalue weighted by molar-refractivity contribution is 5.64. The van der Waals surface area contributed by atoms with Crippen LogP contribution < -0.4 is 15.4 Å². The Morgan fingerprint density at radius 1 is 0.846 bits per heavy atom. The molecule has 0 spiro atoms. The third-order valence-electron chi connectivity index (χ3n) is 3.75. The van der Waals surface area contributed by atoms with Crippen molar-refractivity contribution < 1.29 is 23.7 Å². The zero-order valence-corrected chi connectivity index (χ0v) is 16.4. The van der Waals surface area contributed by atoms with E-state index in [-0.39, 0.29) is 0 Å². The predicted molar refractivity (Wildman–Crippen MR) is 104 cm³/mol. The zero-order valence-electron chi connectivity index (χ0n) is 16.4. The molecule has 0 radical (unpaired) electrons. The van der Waals surface area contributed by atoms with Gasteiger partial charge in [-0.1, -0.05) is 0 Å². The lowest BCUT2D eigenvalue weighted by atomic mass is 10.2. The van der Waals surface area contributed by atoms with Gasteiger partial charge in [0.15, 0.2) is 0 Å². The van der Waals surface area contributed by atoms with Crippen molar-refractivity contribution in [1.82, 2.24) is 0 Å². The van der Waals surface area contributed by atoms with E-state index in [0.29, 0.717) is 51.9 Å². The summed E-state index contributed by atoms with van der Waals surface area (Å²) in [7, 11) is 1.65. The van der Waals surface area contributed by atoms with Gasteiger partial charge in [0.05, 0.1) is 59.0 Å². The Bertz CT molecular complexity index is 473. The van der Waals surface area contributed by atoms with Crippen LogP contribution in [0.1, 0.15) is 13.8 Å². The summed E-state index contributed by atoms with van der Waals surface area (Å²) in [5.41, 5.74) is 7.53. The zero-order chi connectivity index (χ0) is 19.0. The lowest BCUT2D eigenvalue weighted by molar-refractivity contribution is 0.000282. The van der Waals surface area contributed by atoms with E-state index in [2.05, 4.69) is 11.8 Å². The molecule has 0 aliphatic rings. The molecule has 1 aromatic carbocycles. The van der Waals surface area contributed by atoms with Crippen LogP contribution >= 0.6 is 0 Å². The SMILES string of the molecule is CCOCCOCCOCCOCCN(CC)c1ccc(N)cc1OC. The highest BCUT2D eigenvalue weighted by atomic mass is 16.6. The van der Waals surface area contributed by atoms with Crippen molar-refractivity contribution in [2.24, 2.45) is 0 Å². The van der Waals surface area contributed by atoms with Crippen LogP contribution in [0.25, 0.3) is 0 Å². The van der Waals surface area contributed by atoms with Gasteiger partial charge in [0.1, 0.15) is 5.75 Å². The maximum Gasteiger partial charge on any atom is 0.144 e. The van der Waals surface area contributed by atoms with E-state index in [4.69, 9.17) is 29.4 Å². The Kier molecular flexibility index (Phi) is 12.6. The summed E-state index contributed by atoms with van der Waals surface area (Å²) in [5, 5.41) is 0. The van der Waals surface area contributed by atoms with Crippen molar-refractivity contribution >= 4 is 11.4 Å². The summed E-state index contributed by atoms with van der Waals surface area (Å²) in [6.45, 7) is 10.6. The molecule has 2 N–H and O–H groups in total. The quantitative estimate of drug-likeness (QED) is 0.353. The Morgan fingerprint density at radius 3 is 1.96 bits per heavy atom. The number of hydrogen-bond acceptors (Lipinski definition) is 7. The van der Waals surface area contributed by atoms with Crippen LogP contribution in [-0.4, -0.2) is 73.1 Å². The normalized spacial score (nSPS) is 10.9. The van der Waals surface area contributed by atoms with Crippen LogP contribution in [-0.2, 0) is 18.9 Å². The molecule has 1 rings (SSSR count). The summed E-state index contributed by atoms with van der Waals surface area (Å²) in [5.74, 6) is 0.777. The Hall–Kier alpha value is -1.54. The third-order valence-corrected chi connectivity index (χ3v) is 3.75. The number of nitrogens with two attached hydrogens (primary N) is 1. The van der Waals surface area contributed by atoms with Crippen molar-refractivity contribution in [3.05, 3.63) is 18.2 Å². The average molecular weight is 370 g/mol. The van der Waals surface area contributed by atoms with Crippen molar-refractivity contribution in [1.29, 1.82) is 0 Å². The van der Waals surface area contributed by atoms with Gasteiger partial charge in [0.2, 0.25) is 0 Å². The highest BCUT2D eigenvalue weighted by Gasteiger charge is 2.10. The summed E-state index contributed by atoms with van der Waals surface area (Å²) in [6, 6.07) is 5.70. The molecule has 0 aliphatic carbocycles. The minimum Gasteiger partial charge on any atom is -0.495 e. The van der Waals surface area contributed by atoms with Gasteiger partial charge < -0.3 is 34.3 Å². The second-order valence-corrected chi connectivity index (χ2v) is 5.54. The van der Waals surface area contributed by atoms with Crippen LogP contribution in [0.4, 0.5) is 11.4 Å². The van der Waals surface area contributed by atoms with Gasteiger partial charge in [0, 0.05) is 31.5 Å². The van der Waals surface area contributed by atoms with E-state index in [1.807, 2.05) is 25.1 Å². The van der Waals surface area contributed by atoms with E-state index >= 15 is 0 Å². The summed E-state index contributed by atoms with van der Waals surface area (Å²) in [4.78, 5) is 2.20. The standard InChI is InChI=1S/C19H34N2O5/c1-4-21(18-7-6-17(20)16-19(18)22-3)8-9-24-12-13-26-15-14-25-11-10-23-5-2/h6-7,16H,4-5,8-15,20H2,1-3H3. The third kappa shape index (κ3) is 9.24. The second-order valence-electron chi connectivity index (χ2n) is 5.54. The van der Waals surface area contributed by atoms with E-state index in [1.165, 1.54) is 0 Å². The number of nitrogen functional groups attached to an aromatic ring is 1. The molecule has 0 fully saturated rings. The molecule has 0 aliphatic heterocycles. The number of nitrogens with zero attached hydrogens (tertiary/aromatic N) is 1. The number of likely N-dealkylation sites (N-methyl/N-ethyl adjacent to an activating group) is 1. The molecule has 1 aromatic rings. The topological polar surface area (TPSA) is 75.4 Å². The van der Waals surface area contributed by atoms with Gasteiger partial charge in [0.25, 0.3) is 0 Å². The average Bonchev–Trinajstić information content (AvgIpc) is 2.66. The number of benzene rings is 1. The molecule has 0 unspecified atom stereocenters. The lowest BCUT2D eigenvalue weighted by Crippen LogP contribution is -2.28. The largest absolute Gasteiger partial charge is 0.495 e. The van der Waals surface area contributed by atoms with Gasteiger partial charge in [-0.05, 0) is 26.0 Å². The second kappa shape index (κ2) is 14.6. The highest BCUT2D eigenvalue weighted by Crippen LogP contribution is 2.29. The number of hydrogen-bond donors (Lipinski definition) is 1. The van der Waals surface area contributed by atoms with Crippen LogP contribution in [0, 0.1) is 0 Å². The molecule has 0 bridgehead atoms. The molecule has 7 heteroatoms. The first-order valence-corrected chi connectivity index (χ1v) is 9.22. The summed E-state index contributed by atoms with van der Waals surface area (Å²) < 4.78 is 27.1. The first-order chi connectivity index (χ1) is 12.7. The molecule has 150 valence electrons. The minimum absolute atomic E-state index is 0.562. The molecule has 0 amide bonds. The molecule has 0 atom stereocenters. The van der Waals surface area contributed by atoms with E-state index in [0.717, 1.165) is 31.1 Å². The first-order valence-electron chi connectivity index (χ1n) is 9.22. The fraction of sp³-hybridized carbons (Fsp3) is 0.684. The fourth-order valence-electron chi connectivity index (χ4n) is 2.38. The molecule has 0 saturated carbocycles. The van der Waals surface area contributed by atoms with Crippen LogP contribution in [0.15, 0.2) is 18.2 Å². The molecule has 26 heavy (non-hydrogen) atoms. The maximum atomic E-state index is 5.81. The minimum atomic E-state index is 0.562. The predicted octanol–water partition coefficient (Wildman–Crippen LogP) is 2.19. The molecular weight excluding hydrogens is 336 g/mol. The summed E-state index contributed by atoms with van der Waals surface area (Å²) in [6.07, 6.45) is 0. The van der Waals surface area contributed by atoms with E-state index in [9.17, 15) is 0 Å². The Balaban J connectivity index is 2.11. The Morgan fingerprint density at radius 2 is 1.42 bits per heavy atom. The van der Waals surface area contributed by atoms with Gasteiger partial charge >= 0.3 is 0 Å². The van der Waals surface area contributed by atoms with Crippen LogP contribution in [0.5, 0.6) is 5.75 Å². The van der Waals surface area contributed by atoms with Crippen molar-refractivity contribution in [2.75, 3.05) is 83.7 Å². The van der Waals surface area contributed by atoms with Gasteiger partial charge in [-0.2, -0.15) is 0 Å². The van der Waals surface area contributed by atoms with E-state index in [1.54, 1.807) is 7.11 Å². The van der Waals surface area contributed by atoms with Crippen LogP contribution in [0.3, 0.4) is 0 Å². The van der Waals surface area contributed by atoms with Crippen molar-refractivity contribution in [3.8, 4) is 5.75 Å². The number of methoxy groups -OCH3 is 1. The molecule has 0 aromatic heterocycles. The number of anilines is 2. The number of ether oxygens (including phenoxy) is 5. The first kappa shape index (κ1) is 22.5. The summed E-state index contributed by atoms with van der Waals surface area (Å²) >= 11 is 0. The van der Waals surface area contributed by atoms with E-state index < -0.39 is 0 Å². The smallest absolute Gasteiger partial charge is 0.144 e. The van der Waals surface area contributed by atoms with Gasteiger partial charge in [-0.25, -0.2) is 0 Å². The van der Waals surface area contributed by atoms with Crippen LogP contribution in [0.2, 0.25) is 0 Å². The number of rotatable bonds is 16. The molecule has 7 nitrogen and oxygen atoms in total. The van der Waals surface area contributed by atoms with Gasteiger partial charge in [-0.3, -0.25) is 0 Å². The van der Waals surface area contributed by atoms with Gasteiger partial charge in [-0.15, -0.1) is 0 Å². The molecule has 0 heterocycles. The Labute approximate surface area is 157 Å². The van der Waals surface area contributed by atoms with Crippen molar-refractivity contribution in [3.63, 3.8) is 0 Å². The molecule has 0 saturated heterocycles. The monoisotopic (exact) mass is 370 g/mol. The van der Waals surface area contributed by atoms with Crippen molar-refractivity contribution in [2.45, 2.75) is 13.8 Å². The fourth-order valence-corrected chi connectivity index (χ4v) is 2.38. The maximum absolute atomic E-state index is 5.81. The molecular formula is C19H34N2O5.